The molecule has 0 saturated heterocycles. The van der Waals surface area contributed by atoms with E-state index in [-0.39, 0.29) is 22.8 Å². The molecule has 0 aliphatic carbocycles. The molecule has 162 valence electrons. The number of nitrogen functional groups attached to an aromatic ring is 1. The molecule has 9 heteroatoms. The number of aliphatic hydroxyl groups is 1. The Morgan fingerprint density at radius 1 is 1.19 bits per heavy atom. The van der Waals surface area contributed by atoms with Crippen molar-refractivity contribution in [1.29, 1.82) is 0 Å². The minimum Gasteiger partial charge on any atom is -0.399 e. The molecule has 0 unspecified atom stereocenters. The summed E-state index contributed by atoms with van der Waals surface area (Å²) in [4.78, 5) is 27.2. The Kier molecular flexibility index (Phi) is 4.76. The van der Waals surface area contributed by atoms with E-state index in [4.69, 9.17) is 17.3 Å². The number of aliphatic hydroxyl groups excluding tert-OH is 1. The molecule has 32 heavy (non-hydrogen) atoms. The van der Waals surface area contributed by atoms with Gasteiger partial charge in [-0.05, 0) is 36.4 Å². The van der Waals surface area contributed by atoms with Gasteiger partial charge in [0.05, 0.1) is 30.1 Å². The van der Waals surface area contributed by atoms with Gasteiger partial charge in [0.15, 0.2) is 0 Å². The van der Waals surface area contributed by atoms with E-state index in [1.807, 2.05) is 0 Å². The third kappa shape index (κ3) is 3.24. The number of carbonyl (C=O) groups is 2. The zero-order valence-corrected chi connectivity index (χ0v) is 17.4. The highest BCUT2D eigenvalue weighted by Crippen LogP contribution is 2.41. The number of para-hydroxylation sites is 1. The van der Waals surface area contributed by atoms with E-state index in [1.54, 1.807) is 24.3 Å². The number of carbonyl (C=O) groups excluding carboxylic acids is 2. The van der Waals surface area contributed by atoms with Crippen molar-refractivity contribution in [2.45, 2.75) is 12.1 Å². The minimum absolute atomic E-state index is 0.0893. The number of urea groups is 1. The average molecular weight is 453 g/mol. The van der Waals surface area contributed by atoms with E-state index >= 15 is 0 Å². The second-order valence-electron chi connectivity index (χ2n) is 7.72. The summed E-state index contributed by atoms with van der Waals surface area (Å²) in [5.74, 6) is -0.911. The summed E-state index contributed by atoms with van der Waals surface area (Å²) in [6, 6.07) is 12.7. The number of nitrogens with one attached hydrogen (secondary N) is 2. The van der Waals surface area contributed by atoms with Gasteiger partial charge in [-0.15, -0.1) is 0 Å². The number of halogens is 2. The number of fused-ring (bicyclic) bond motifs is 2. The van der Waals surface area contributed by atoms with Gasteiger partial charge in [-0.3, -0.25) is 9.69 Å². The monoisotopic (exact) mass is 452 g/mol. The first kappa shape index (κ1) is 20.3. The maximum Gasteiger partial charge on any atom is 0.326 e. The number of anilines is 3. The zero-order valence-electron chi connectivity index (χ0n) is 16.6. The Bertz CT molecular complexity index is 1280. The summed E-state index contributed by atoms with van der Waals surface area (Å²) in [7, 11) is 0. The largest absolute Gasteiger partial charge is 0.399 e. The van der Waals surface area contributed by atoms with E-state index in [9.17, 15) is 19.1 Å². The summed E-state index contributed by atoms with van der Waals surface area (Å²) < 4.78 is 13.9. The summed E-state index contributed by atoms with van der Waals surface area (Å²) in [5, 5.41) is 16.2. The molecule has 0 radical (unpaired) electrons. The van der Waals surface area contributed by atoms with Crippen molar-refractivity contribution in [1.82, 2.24) is 5.32 Å². The van der Waals surface area contributed by atoms with E-state index in [0.29, 0.717) is 28.1 Å². The van der Waals surface area contributed by atoms with E-state index in [1.165, 1.54) is 35.2 Å². The maximum atomic E-state index is 13.9. The first-order valence-electron chi connectivity index (χ1n) is 9.88. The van der Waals surface area contributed by atoms with Gasteiger partial charge < -0.3 is 21.5 Å². The summed E-state index contributed by atoms with van der Waals surface area (Å²) in [6.45, 7) is 0.0893. The van der Waals surface area contributed by atoms with Crippen molar-refractivity contribution >= 4 is 40.6 Å². The Labute approximate surface area is 187 Å². The standard InChI is InChI=1S/C23H18ClFN4O3/c24-16-6-5-11(25)7-14(16)21-20-15(22(31)28-21)8-12(26)9-17(20)27-23(32)29-10-19(30)13-3-1-2-4-18(13)29/h1-9,19,21,30H,10,26H2,(H,27,32)(H,28,31)/t19-,21+/m1/s1. The number of benzene rings is 3. The predicted molar refractivity (Wildman–Crippen MR) is 119 cm³/mol. The number of rotatable bonds is 2. The van der Waals surface area contributed by atoms with Crippen molar-refractivity contribution in [2.75, 3.05) is 22.5 Å². The topological polar surface area (TPSA) is 108 Å². The minimum atomic E-state index is -0.800. The van der Waals surface area contributed by atoms with Gasteiger partial charge in [-0.25, -0.2) is 9.18 Å². The van der Waals surface area contributed by atoms with Crippen LogP contribution in [0.1, 0.15) is 39.2 Å². The van der Waals surface area contributed by atoms with E-state index < -0.39 is 29.9 Å². The van der Waals surface area contributed by atoms with Crippen LogP contribution in [-0.4, -0.2) is 23.6 Å². The third-order valence-electron chi connectivity index (χ3n) is 5.71. The van der Waals surface area contributed by atoms with Crippen molar-refractivity contribution < 1.29 is 19.1 Å². The molecule has 0 fully saturated rings. The van der Waals surface area contributed by atoms with Crippen LogP contribution < -0.4 is 21.3 Å². The number of hydrogen-bond acceptors (Lipinski definition) is 4. The normalized spacial score (nSPS) is 18.8. The summed E-state index contributed by atoms with van der Waals surface area (Å²) >= 11 is 6.29. The SMILES string of the molecule is Nc1cc(NC(=O)N2C[C@@H](O)c3ccccc32)c2c(c1)C(=O)N[C@H]2c1cc(F)ccc1Cl. The molecule has 0 saturated carbocycles. The van der Waals surface area contributed by atoms with Crippen molar-refractivity contribution in [3.63, 3.8) is 0 Å². The predicted octanol–water partition coefficient (Wildman–Crippen LogP) is 3.98. The van der Waals surface area contributed by atoms with Crippen LogP contribution in [0, 0.1) is 5.82 Å². The zero-order chi connectivity index (χ0) is 22.6. The molecule has 0 spiro atoms. The van der Waals surface area contributed by atoms with E-state index in [2.05, 4.69) is 10.6 Å². The van der Waals surface area contributed by atoms with Crippen molar-refractivity contribution in [3.8, 4) is 0 Å². The van der Waals surface area contributed by atoms with Crippen LogP contribution in [-0.2, 0) is 0 Å². The third-order valence-corrected chi connectivity index (χ3v) is 6.05. The highest BCUT2D eigenvalue weighted by molar-refractivity contribution is 6.31. The Hall–Kier alpha value is -3.62. The van der Waals surface area contributed by atoms with Crippen LogP contribution >= 0.6 is 11.6 Å². The molecule has 7 nitrogen and oxygen atoms in total. The van der Waals surface area contributed by atoms with Crippen LogP contribution in [0.4, 0.5) is 26.2 Å². The molecule has 0 aromatic heterocycles. The summed E-state index contributed by atoms with van der Waals surface area (Å²) in [6.07, 6.45) is -0.800. The molecule has 2 heterocycles. The highest BCUT2D eigenvalue weighted by atomic mass is 35.5. The first-order chi connectivity index (χ1) is 15.3. The lowest BCUT2D eigenvalue weighted by Crippen LogP contribution is -2.34. The number of amides is 3. The molecule has 0 bridgehead atoms. The van der Waals surface area contributed by atoms with Gasteiger partial charge in [0, 0.05) is 33.0 Å². The highest BCUT2D eigenvalue weighted by Gasteiger charge is 2.36. The molecular weight excluding hydrogens is 435 g/mol. The lowest BCUT2D eigenvalue weighted by molar-refractivity contribution is 0.0960. The van der Waals surface area contributed by atoms with Crippen LogP contribution in [0.5, 0.6) is 0 Å². The lowest BCUT2D eigenvalue weighted by atomic mass is 9.95. The molecule has 3 amide bonds. The smallest absolute Gasteiger partial charge is 0.326 e. The number of β-amino-alcohol motifs (C(OH)–C–C–N with tert-alkyl or cyclic N) is 1. The Morgan fingerprint density at radius 2 is 1.97 bits per heavy atom. The first-order valence-corrected chi connectivity index (χ1v) is 10.3. The fraction of sp³-hybridized carbons (Fsp3) is 0.130. The van der Waals surface area contributed by atoms with Crippen LogP contribution in [0.15, 0.2) is 54.6 Å². The fourth-order valence-corrected chi connectivity index (χ4v) is 4.51. The molecule has 2 aliphatic rings. The Morgan fingerprint density at radius 3 is 2.78 bits per heavy atom. The second kappa shape index (κ2) is 7.51. The molecule has 3 aromatic rings. The molecular formula is C23H18ClFN4O3. The average Bonchev–Trinajstić information content (AvgIpc) is 3.27. The Balaban J connectivity index is 1.55. The van der Waals surface area contributed by atoms with Crippen molar-refractivity contribution in [2.24, 2.45) is 0 Å². The molecule has 5 N–H and O–H groups in total. The van der Waals surface area contributed by atoms with Crippen LogP contribution in [0.3, 0.4) is 0 Å². The van der Waals surface area contributed by atoms with Gasteiger partial charge >= 0.3 is 6.03 Å². The molecule has 5 rings (SSSR count). The summed E-state index contributed by atoms with van der Waals surface area (Å²) in [5.41, 5.74) is 8.89. The van der Waals surface area contributed by atoms with Gasteiger partial charge in [0.1, 0.15) is 5.82 Å². The quantitative estimate of drug-likeness (QED) is 0.441. The number of hydrogen-bond donors (Lipinski definition) is 4. The maximum absolute atomic E-state index is 13.9. The number of nitrogens with zero attached hydrogens (tertiary/aromatic N) is 1. The molecule has 2 aliphatic heterocycles. The van der Waals surface area contributed by atoms with Gasteiger partial charge in [0.2, 0.25) is 0 Å². The number of nitrogens with two attached hydrogens (primary N) is 1. The van der Waals surface area contributed by atoms with Gasteiger partial charge in [-0.2, -0.15) is 0 Å². The van der Waals surface area contributed by atoms with Crippen LogP contribution in [0.25, 0.3) is 0 Å². The van der Waals surface area contributed by atoms with Gasteiger partial charge in [0.25, 0.3) is 5.91 Å². The van der Waals surface area contributed by atoms with Crippen LogP contribution in [0.2, 0.25) is 5.02 Å². The molecule has 3 aromatic carbocycles. The van der Waals surface area contributed by atoms with Gasteiger partial charge in [-0.1, -0.05) is 29.8 Å². The molecule has 2 atom stereocenters. The van der Waals surface area contributed by atoms with E-state index in [0.717, 1.165) is 0 Å². The second-order valence-corrected chi connectivity index (χ2v) is 8.12. The lowest BCUT2D eigenvalue weighted by Gasteiger charge is -2.22. The van der Waals surface area contributed by atoms with Crippen molar-refractivity contribution in [3.05, 3.63) is 87.7 Å². The fourth-order valence-electron chi connectivity index (χ4n) is 4.29.